The van der Waals surface area contributed by atoms with Crippen molar-refractivity contribution in [3.05, 3.63) is 0 Å². The maximum Gasteiger partial charge on any atom is 0.279 e. The first-order chi connectivity index (χ1) is 6.60. The van der Waals surface area contributed by atoms with Gasteiger partial charge in [0.2, 0.25) is 0 Å². The fourth-order valence-corrected chi connectivity index (χ4v) is 2.90. The summed E-state index contributed by atoms with van der Waals surface area (Å²) >= 11 is 0. The van der Waals surface area contributed by atoms with Gasteiger partial charge in [0.15, 0.2) is 0 Å². The normalized spacial score (nSPS) is 19.9. The van der Waals surface area contributed by atoms with Crippen LogP contribution in [0.25, 0.3) is 0 Å². The van der Waals surface area contributed by atoms with Crippen molar-refractivity contribution in [2.24, 2.45) is 11.7 Å². The topological polar surface area (TPSA) is 75.4 Å². The van der Waals surface area contributed by atoms with Crippen LogP contribution in [0.3, 0.4) is 0 Å². The molecule has 7 heteroatoms. The molecule has 15 heavy (non-hydrogen) atoms. The molecule has 92 valence electrons. The van der Waals surface area contributed by atoms with Crippen molar-refractivity contribution in [3.63, 3.8) is 0 Å². The Morgan fingerprint density at radius 3 is 2.33 bits per heavy atom. The van der Waals surface area contributed by atoms with Gasteiger partial charge in [0.05, 0.1) is 0 Å². The van der Waals surface area contributed by atoms with Gasteiger partial charge in [-0.2, -0.15) is 12.7 Å². The zero-order chi connectivity index (χ0) is 10.6. The van der Waals surface area contributed by atoms with Crippen molar-refractivity contribution in [3.8, 4) is 0 Å². The summed E-state index contributed by atoms with van der Waals surface area (Å²) in [7, 11) is -3.22. The van der Waals surface area contributed by atoms with Gasteiger partial charge in [-0.15, -0.1) is 12.4 Å². The molecule has 0 bridgehead atoms. The van der Waals surface area contributed by atoms with E-state index in [-0.39, 0.29) is 12.4 Å². The van der Waals surface area contributed by atoms with E-state index < -0.39 is 10.2 Å². The second-order valence-electron chi connectivity index (χ2n) is 3.58. The number of nitrogens with zero attached hydrogens (tertiary/aromatic N) is 1. The molecule has 1 rings (SSSR count). The van der Waals surface area contributed by atoms with Crippen LogP contribution in [0, 0.1) is 5.92 Å². The molecule has 0 amide bonds. The van der Waals surface area contributed by atoms with E-state index in [1.54, 1.807) is 6.92 Å². The zero-order valence-corrected chi connectivity index (χ0v) is 10.6. The standard InChI is InChI=1S/C8H19N3O2S.ClH/c1-2-10-14(12,13)11-5-3-8(7-9)4-6-11;/h8,10H,2-7,9H2,1H3;1H. The van der Waals surface area contributed by atoms with Gasteiger partial charge in [0.25, 0.3) is 10.2 Å². The Labute approximate surface area is 98.0 Å². The first-order valence-electron chi connectivity index (χ1n) is 5.05. The smallest absolute Gasteiger partial charge is 0.279 e. The monoisotopic (exact) mass is 257 g/mol. The van der Waals surface area contributed by atoms with Gasteiger partial charge >= 0.3 is 0 Å². The van der Waals surface area contributed by atoms with Gasteiger partial charge in [-0.25, -0.2) is 4.72 Å². The van der Waals surface area contributed by atoms with Crippen LogP contribution in [0.1, 0.15) is 19.8 Å². The Morgan fingerprint density at radius 2 is 1.93 bits per heavy atom. The van der Waals surface area contributed by atoms with Gasteiger partial charge in [-0.3, -0.25) is 0 Å². The molecule has 0 aliphatic carbocycles. The highest BCUT2D eigenvalue weighted by Crippen LogP contribution is 2.17. The molecule has 1 aliphatic heterocycles. The Bertz CT molecular complexity index is 263. The Hall–Kier alpha value is 0.120. The number of nitrogens with two attached hydrogens (primary N) is 1. The van der Waals surface area contributed by atoms with Crippen LogP contribution < -0.4 is 10.5 Å². The molecule has 0 radical (unpaired) electrons. The van der Waals surface area contributed by atoms with E-state index in [2.05, 4.69) is 4.72 Å². The molecule has 0 atom stereocenters. The lowest BCUT2D eigenvalue weighted by Gasteiger charge is -2.30. The number of rotatable bonds is 4. The van der Waals surface area contributed by atoms with Gasteiger partial charge in [-0.05, 0) is 25.3 Å². The third kappa shape index (κ3) is 4.24. The van der Waals surface area contributed by atoms with Crippen molar-refractivity contribution >= 4 is 22.6 Å². The van der Waals surface area contributed by atoms with Gasteiger partial charge in [-0.1, -0.05) is 6.92 Å². The van der Waals surface area contributed by atoms with Gasteiger partial charge in [0, 0.05) is 19.6 Å². The average Bonchev–Trinajstić information content (AvgIpc) is 2.18. The summed E-state index contributed by atoms with van der Waals surface area (Å²) in [5, 5.41) is 0. The van der Waals surface area contributed by atoms with Gasteiger partial charge < -0.3 is 5.73 Å². The van der Waals surface area contributed by atoms with Crippen LogP contribution >= 0.6 is 12.4 Å². The average molecular weight is 258 g/mol. The van der Waals surface area contributed by atoms with Crippen molar-refractivity contribution < 1.29 is 8.42 Å². The van der Waals surface area contributed by atoms with Crippen molar-refractivity contribution in [1.82, 2.24) is 9.03 Å². The van der Waals surface area contributed by atoms with Crippen molar-refractivity contribution in [2.75, 3.05) is 26.2 Å². The molecule has 1 fully saturated rings. The molecule has 5 nitrogen and oxygen atoms in total. The number of hydrogen-bond donors (Lipinski definition) is 2. The van der Waals surface area contributed by atoms with E-state index in [4.69, 9.17) is 5.73 Å². The van der Waals surface area contributed by atoms with Crippen LogP contribution in [0.2, 0.25) is 0 Å². The Kier molecular flexibility index (Phi) is 6.70. The van der Waals surface area contributed by atoms with Crippen molar-refractivity contribution in [1.29, 1.82) is 0 Å². The highest BCUT2D eigenvalue weighted by molar-refractivity contribution is 7.87. The van der Waals surface area contributed by atoms with Gasteiger partial charge in [0.1, 0.15) is 0 Å². The molecule has 0 aromatic carbocycles. The summed E-state index contributed by atoms with van der Waals surface area (Å²) in [5.41, 5.74) is 5.53. The van der Waals surface area contributed by atoms with E-state index in [0.717, 1.165) is 12.8 Å². The molecule has 1 saturated heterocycles. The summed E-state index contributed by atoms with van der Waals surface area (Å²) in [6.07, 6.45) is 1.75. The van der Waals surface area contributed by atoms with E-state index in [1.165, 1.54) is 4.31 Å². The van der Waals surface area contributed by atoms with E-state index >= 15 is 0 Å². The minimum absolute atomic E-state index is 0. The molecular weight excluding hydrogens is 238 g/mol. The van der Waals surface area contributed by atoms with Crippen LogP contribution in [-0.2, 0) is 10.2 Å². The highest BCUT2D eigenvalue weighted by Gasteiger charge is 2.26. The number of halogens is 1. The molecule has 1 aliphatic rings. The van der Waals surface area contributed by atoms with Crippen LogP contribution in [0.5, 0.6) is 0 Å². The predicted molar refractivity (Wildman–Crippen MR) is 63.2 cm³/mol. The first-order valence-corrected chi connectivity index (χ1v) is 6.49. The maximum absolute atomic E-state index is 11.6. The fourth-order valence-electron chi connectivity index (χ4n) is 1.66. The highest BCUT2D eigenvalue weighted by atomic mass is 35.5. The Balaban J connectivity index is 0.00000196. The molecule has 1 heterocycles. The lowest BCUT2D eigenvalue weighted by Crippen LogP contribution is -2.45. The summed E-state index contributed by atoms with van der Waals surface area (Å²) in [4.78, 5) is 0. The molecule has 0 saturated carbocycles. The Morgan fingerprint density at radius 1 is 1.40 bits per heavy atom. The number of nitrogens with one attached hydrogen (secondary N) is 1. The molecule has 0 aromatic rings. The minimum atomic E-state index is -3.22. The minimum Gasteiger partial charge on any atom is -0.330 e. The lowest BCUT2D eigenvalue weighted by molar-refractivity contribution is 0.276. The second kappa shape index (κ2) is 6.65. The largest absolute Gasteiger partial charge is 0.330 e. The summed E-state index contributed by atoms with van der Waals surface area (Å²) in [6, 6.07) is 0. The summed E-state index contributed by atoms with van der Waals surface area (Å²) < 4.78 is 27.1. The number of piperidine rings is 1. The zero-order valence-electron chi connectivity index (χ0n) is 8.98. The SMILES string of the molecule is CCNS(=O)(=O)N1CCC(CN)CC1.Cl. The second-order valence-corrected chi connectivity index (χ2v) is 5.34. The summed E-state index contributed by atoms with van der Waals surface area (Å²) in [5.74, 6) is 0.489. The quantitative estimate of drug-likeness (QED) is 0.741. The van der Waals surface area contributed by atoms with Crippen LogP contribution in [0.4, 0.5) is 0 Å². The number of hydrogen-bond acceptors (Lipinski definition) is 3. The fraction of sp³-hybridized carbons (Fsp3) is 1.00. The van der Waals surface area contributed by atoms with E-state index in [0.29, 0.717) is 32.1 Å². The summed E-state index contributed by atoms with van der Waals surface area (Å²) in [6.45, 7) is 4.08. The molecule has 0 unspecified atom stereocenters. The maximum atomic E-state index is 11.6. The lowest BCUT2D eigenvalue weighted by atomic mass is 9.99. The molecule has 0 spiro atoms. The predicted octanol–water partition coefficient (Wildman–Crippen LogP) is -0.0668. The molecule has 0 aromatic heterocycles. The third-order valence-corrected chi connectivity index (χ3v) is 4.27. The van der Waals surface area contributed by atoms with Crippen LogP contribution in [-0.4, -0.2) is 38.9 Å². The first kappa shape index (κ1) is 15.1. The third-order valence-electron chi connectivity index (χ3n) is 2.57. The molecule has 3 N–H and O–H groups in total. The molecular formula is C8H20ClN3O2S. The van der Waals surface area contributed by atoms with Crippen LogP contribution in [0.15, 0.2) is 0 Å². The van der Waals surface area contributed by atoms with Crippen molar-refractivity contribution in [2.45, 2.75) is 19.8 Å². The van der Waals surface area contributed by atoms with E-state index in [1.807, 2.05) is 0 Å². The van der Waals surface area contributed by atoms with E-state index in [9.17, 15) is 8.42 Å².